The van der Waals surface area contributed by atoms with Crippen molar-refractivity contribution in [3.05, 3.63) is 29.8 Å². The maximum absolute atomic E-state index is 12.9. The summed E-state index contributed by atoms with van der Waals surface area (Å²) in [5.74, 6) is -0.0464. The van der Waals surface area contributed by atoms with Crippen LogP contribution < -0.4 is 5.32 Å². The van der Waals surface area contributed by atoms with Gasteiger partial charge in [-0.2, -0.15) is 0 Å². The fourth-order valence-corrected chi connectivity index (χ4v) is 3.89. The first-order chi connectivity index (χ1) is 13.6. The summed E-state index contributed by atoms with van der Waals surface area (Å²) in [6.07, 6.45) is 2.92. The highest BCUT2D eigenvalue weighted by Crippen LogP contribution is 2.29. The maximum atomic E-state index is 12.9. The first-order valence-corrected chi connectivity index (χ1v) is 10.2. The van der Waals surface area contributed by atoms with E-state index in [0.717, 1.165) is 19.3 Å². The van der Waals surface area contributed by atoms with Crippen molar-refractivity contribution in [2.45, 2.75) is 44.8 Å². The Bertz CT molecular complexity index is 657. The number of phenolic OH excluding ortho intramolecular Hbond substituents is 1. The molecule has 7 heteroatoms. The van der Waals surface area contributed by atoms with Gasteiger partial charge in [0.2, 0.25) is 5.91 Å². The molecule has 1 aliphatic heterocycles. The van der Waals surface area contributed by atoms with E-state index in [4.69, 9.17) is 9.47 Å². The van der Waals surface area contributed by atoms with E-state index in [2.05, 4.69) is 12.2 Å². The number of amides is 2. The number of hydrogen-bond acceptors (Lipinski definition) is 5. The molecule has 1 saturated carbocycles. The first kappa shape index (κ1) is 20.6. The average molecular weight is 390 g/mol. The molecule has 154 valence electrons. The number of hydrogen-bond donors (Lipinski definition) is 2. The molecule has 7 nitrogen and oxygen atoms in total. The third-order valence-electron chi connectivity index (χ3n) is 5.44. The van der Waals surface area contributed by atoms with Crippen LogP contribution in [0.5, 0.6) is 5.75 Å². The van der Waals surface area contributed by atoms with Crippen molar-refractivity contribution in [3.8, 4) is 5.75 Å². The lowest BCUT2D eigenvalue weighted by molar-refractivity contribution is -0.142. The van der Waals surface area contributed by atoms with Crippen LogP contribution in [-0.2, 0) is 14.3 Å². The van der Waals surface area contributed by atoms with Crippen LogP contribution in [0.15, 0.2) is 24.3 Å². The standard InChI is InChI=1S/C21H30N2O5/c1-2-11-28-19-8-5-16(21(26)23-9-12-27-13-10-23)14-18(19)22-20(25)15-3-6-17(24)7-4-15/h3-4,6-7,16,18-19,24H,2,5,8-14H2,1H3,(H,22,25)/t16-,18+,19+/m0/s1. The Labute approximate surface area is 166 Å². The minimum absolute atomic E-state index is 0.0882. The predicted molar refractivity (Wildman–Crippen MR) is 104 cm³/mol. The van der Waals surface area contributed by atoms with Gasteiger partial charge in [-0.15, -0.1) is 0 Å². The number of morpholine rings is 1. The van der Waals surface area contributed by atoms with Crippen LogP contribution in [0.4, 0.5) is 0 Å². The second-order valence-electron chi connectivity index (χ2n) is 7.48. The van der Waals surface area contributed by atoms with E-state index in [-0.39, 0.29) is 35.6 Å². The summed E-state index contributed by atoms with van der Waals surface area (Å²) in [6, 6.07) is 5.95. The van der Waals surface area contributed by atoms with Crippen LogP contribution in [-0.4, -0.2) is 66.9 Å². The molecule has 1 saturated heterocycles. The van der Waals surface area contributed by atoms with Gasteiger partial charge in [-0.1, -0.05) is 6.92 Å². The number of nitrogens with one attached hydrogen (secondary N) is 1. The van der Waals surface area contributed by atoms with Crippen LogP contribution in [0.25, 0.3) is 0 Å². The van der Waals surface area contributed by atoms with E-state index in [0.29, 0.717) is 44.9 Å². The zero-order valence-corrected chi connectivity index (χ0v) is 16.4. The molecule has 0 unspecified atom stereocenters. The smallest absolute Gasteiger partial charge is 0.251 e. The Kier molecular flexibility index (Phi) is 7.28. The van der Waals surface area contributed by atoms with Gasteiger partial charge in [0.05, 0.1) is 25.4 Å². The van der Waals surface area contributed by atoms with Gasteiger partial charge in [0, 0.05) is 31.2 Å². The molecule has 2 N–H and O–H groups in total. The Hall–Kier alpha value is -2.12. The molecule has 0 radical (unpaired) electrons. The first-order valence-electron chi connectivity index (χ1n) is 10.2. The minimum Gasteiger partial charge on any atom is -0.508 e. The lowest BCUT2D eigenvalue weighted by atomic mass is 9.82. The van der Waals surface area contributed by atoms with Crippen LogP contribution in [0.3, 0.4) is 0 Å². The van der Waals surface area contributed by atoms with Gasteiger partial charge in [-0.3, -0.25) is 9.59 Å². The van der Waals surface area contributed by atoms with E-state index < -0.39 is 0 Å². The van der Waals surface area contributed by atoms with Crippen LogP contribution in [0.1, 0.15) is 43.0 Å². The number of nitrogens with zero attached hydrogens (tertiary/aromatic N) is 1. The molecule has 1 aromatic carbocycles. The van der Waals surface area contributed by atoms with E-state index in [1.54, 1.807) is 12.1 Å². The number of carbonyl (C=O) groups is 2. The summed E-state index contributed by atoms with van der Waals surface area (Å²) in [6.45, 7) is 5.13. The molecule has 0 spiro atoms. The molecule has 28 heavy (non-hydrogen) atoms. The molecule has 0 bridgehead atoms. The minimum atomic E-state index is -0.213. The van der Waals surface area contributed by atoms with Gasteiger partial charge < -0.3 is 24.8 Å². The Morgan fingerprint density at radius 3 is 2.61 bits per heavy atom. The summed E-state index contributed by atoms with van der Waals surface area (Å²) >= 11 is 0. The Balaban J connectivity index is 1.66. The molecule has 1 aliphatic carbocycles. The topological polar surface area (TPSA) is 88.1 Å². The largest absolute Gasteiger partial charge is 0.508 e. The summed E-state index contributed by atoms with van der Waals surface area (Å²) in [5.41, 5.74) is 0.480. The summed E-state index contributed by atoms with van der Waals surface area (Å²) in [5, 5.41) is 12.5. The quantitative estimate of drug-likeness (QED) is 0.775. The second kappa shape index (κ2) is 9.89. The van der Waals surface area contributed by atoms with Crippen molar-refractivity contribution in [2.75, 3.05) is 32.9 Å². The van der Waals surface area contributed by atoms with Crippen molar-refractivity contribution < 1.29 is 24.2 Å². The summed E-state index contributed by atoms with van der Waals surface area (Å²) in [4.78, 5) is 27.4. The lowest BCUT2D eigenvalue weighted by Crippen LogP contribution is -2.52. The average Bonchev–Trinajstić information content (AvgIpc) is 2.73. The lowest BCUT2D eigenvalue weighted by Gasteiger charge is -2.38. The van der Waals surface area contributed by atoms with Gasteiger partial charge in [0.1, 0.15) is 5.75 Å². The van der Waals surface area contributed by atoms with Crippen molar-refractivity contribution in [1.29, 1.82) is 0 Å². The third-order valence-corrected chi connectivity index (χ3v) is 5.44. The van der Waals surface area contributed by atoms with Crippen LogP contribution in [0, 0.1) is 5.92 Å². The second-order valence-corrected chi connectivity index (χ2v) is 7.48. The van der Waals surface area contributed by atoms with Crippen molar-refractivity contribution in [3.63, 3.8) is 0 Å². The molecule has 2 aliphatic rings. The Morgan fingerprint density at radius 1 is 1.21 bits per heavy atom. The zero-order valence-electron chi connectivity index (χ0n) is 16.4. The number of rotatable bonds is 6. The van der Waals surface area contributed by atoms with Crippen molar-refractivity contribution in [1.82, 2.24) is 10.2 Å². The molecule has 2 fully saturated rings. The maximum Gasteiger partial charge on any atom is 0.251 e. The molecule has 2 amide bonds. The predicted octanol–water partition coefficient (Wildman–Crippen LogP) is 1.94. The van der Waals surface area contributed by atoms with Crippen molar-refractivity contribution >= 4 is 11.8 Å². The van der Waals surface area contributed by atoms with Gasteiger partial charge in [-0.25, -0.2) is 0 Å². The van der Waals surface area contributed by atoms with Crippen LogP contribution in [0.2, 0.25) is 0 Å². The van der Waals surface area contributed by atoms with Gasteiger partial charge in [0.15, 0.2) is 0 Å². The number of benzene rings is 1. The highest BCUT2D eigenvalue weighted by molar-refractivity contribution is 5.94. The molecule has 1 heterocycles. The normalized spacial score (nSPS) is 25.3. The van der Waals surface area contributed by atoms with E-state index in [1.807, 2.05) is 4.90 Å². The number of ether oxygens (including phenoxy) is 2. The monoisotopic (exact) mass is 390 g/mol. The molecule has 0 aromatic heterocycles. The zero-order chi connectivity index (χ0) is 19.9. The number of phenols is 1. The van der Waals surface area contributed by atoms with E-state index >= 15 is 0 Å². The number of aromatic hydroxyl groups is 1. The van der Waals surface area contributed by atoms with Gasteiger partial charge in [0.25, 0.3) is 5.91 Å². The van der Waals surface area contributed by atoms with E-state index in [9.17, 15) is 14.7 Å². The van der Waals surface area contributed by atoms with E-state index in [1.165, 1.54) is 12.1 Å². The molecular weight excluding hydrogens is 360 g/mol. The molecular formula is C21H30N2O5. The van der Waals surface area contributed by atoms with Gasteiger partial charge >= 0.3 is 0 Å². The number of carbonyl (C=O) groups excluding carboxylic acids is 2. The highest BCUT2D eigenvalue weighted by Gasteiger charge is 2.37. The van der Waals surface area contributed by atoms with Crippen LogP contribution >= 0.6 is 0 Å². The Morgan fingerprint density at radius 2 is 1.93 bits per heavy atom. The highest BCUT2D eigenvalue weighted by atomic mass is 16.5. The summed E-state index contributed by atoms with van der Waals surface area (Å²) < 4.78 is 11.3. The fourth-order valence-electron chi connectivity index (χ4n) is 3.89. The van der Waals surface area contributed by atoms with Gasteiger partial charge in [-0.05, 0) is 49.9 Å². The summed E-state index contributed by atoms with van der Waals surface area (Å²) in [7, 11) is 0. The molecule has 3 atom stereocenters. The third kappa shape index (κ3) is 5.23. The molecule has 1 aromatic rings. The van der Waals surface area contributed by atoms with Crippen molar-refractivity contribution in [2.24, 2.45) is 5.92 Å². The molecule has 3 rings (SSSR count). The SMILES string of the molecule is CCCO[C@@H]1CC[C@H](C(=O)N2CCOCC2)C[C@H]1NC(=O)c1ccc(O)cc1. The fraction of sp³-hybridized carbons (Fsp3) is 0.619.